The van der Waals surface area contributed by atoms with Crippen molar-refractivity contribution in [1.82, 2.24) is 0 Å². The minimum Gasteiger partial charge on any atom is -0.466 e. The largest absolute Gasteiger partial charge is 0.466 e. The predicted octanol–water partition coefficient (Wildman–Crippen LogP) is 3.83. The topological polar surface area (TPSA) is 35.5 Å². The van der Waals surface area contributed by atoms with Crippen molar-refractivity contribution in [3.05, 3.63) is 23.8 Å². The predicted molar refractivity (Wildman–Crippen MR) is 80.5 cm³/mol. The van der Waals surface area contributed by atoms with E-state index in [1.807, 2.05) is 6.08 Å². The summed E-state index contributed by atoms with van der Waals surface area (Å²) in [7, 11) is -0.436. The lowest BCUT2D eigenvalue weighted by molar-refractivity contribution is -0.136. The lowest BCUT2D eigenvalue weighted by atomic mass is 9.93. The van der Waals surface area contributed by atoms with Crippen molar-refractivity contribution in [2.45, 2.75) is 57.8 Å². The van der Waals surface area contributed by atoms with E-state index in [-0.39, 0.29) is 17.1 Å². The van der Waals surface area contributed by atoms with Crippen LogP contribution in [0.15, 0.2) is 23.8 Å². The van der Waals surface area contributed by atoms with Gasteiger partial charge in [0.25, 0.3) is 0 Å². The molecule has 0 saturated heterocycles. The summed E-state index contributed by atoms with van der Waals surface area (Å²) in [5.74, 6) is -0.253. The smallest absolute Gasteiger partial charge is 0.333 e. The second kappa shape index (κ2) is 5.63. The Morgan fingerprint density at radius 2 is 2.00 bits per heavy atom. The molecule has 1 unspecified atom stereocenters. The first kappa shape index (κ1) is 16.2. The van der Waals surface area contributed by atoms with Gasteiger partial charge in [-0.15, -0.1) is 0 Å². The maximum Gasteiger partial charge on any atom is 0.333 e. The molecule has 1 rings (SSSR count). The number of allylic oxidation sites excluding steroid dienone is 1. The van der Waals surface area contributed by atoms with Crippen molar-refractivity contribution < 1.29 is 14.0 Å². The molecule has 0 saturated carbocycles. The number of hydrogen-bond donors (Lipinski definition) is 0. The van der Waals surface area contributed by atoms with Crippen molar-refractivity contribution in [3.8, 4) is 0 Å². The monoisotopic (exact) mass is 282 g/mol. The molecule has 19 heavy (non-hydrogen) atoms. The quantitative estimate of drug-likeness (QED) is 0.448. The zero-order valence-corrected chi connectivity index (χ0v) is 14.0. The Kier molecular flexibility index (Phi) is 4.80. The van der Waals surface area contributed by atoms with Crippen LogP contribution in [0.2, 0.25) is 18.1 Å². The molecule has 1 aliphatic rings. The van der Waals surface area contributed by atoms with E-state index in [0.717, 1.165) is 5.57 Å². The summed E-state index contributed by atoms with van der Waals surface area (Å²) >= 11 is 0. The lowest BCUT2D eigenvalue weighted by Gasteiger charge is -2.40. The third-order valence-corrected chi connectivity index (χ3v) is 8.65. The molecule has 0 heterocycles. The van der Waals surface area contributed by atoms with Crippen LogP contribution in [0, 0.1) is 0 Å². The van der Waals surface area contributed by atoms with Crippen molar-refractivity contribution in [2.24, 2.45) is 0 Å². The van der Waals surface area contributed by atoms with Crippen LogP contribution in [0.1, 0.15) is 33.6 Å². The molecule has 0 radical (unpaired) electrons. The van der Waals surface area contributed by atoms with Gasteiger partial charge in [0, 0.05) is 12.0 Å². The van der Waals surface area contributed by atoms with Gasteiger partial charge in [0.1, 0.15) is 0 Å². The average Bonchev–Trinajstić information content (AvgIpc) is 2.29. The van der Waals surface area contributed by atoms with Crippen LogP contribution >= 0.6 is 0 Å². The summed E-state index contributed by atoms with van der Waals surface area (Å²) < 4.78 is 11.2. The third kappa shape index (κ3) is 3.80. The van der Waals surface area contributed by atoms with Crippen LogP contribution < -0.4 is 0 Å². The highest BCUT2D eigenvalue weighted by Crippen LogP contribution is 2.39. The second-order valence-corrected chi connectivity index (χ2v) is 11.4. The molecule has 0 bridgehead atoms. The van der Waals surface area contributed by atoms with Crippen molar-refractivity contribution in [2.75, 3.05) is 7.11 Å². The first-order valence-electron chi connectivity index (χ1n) is 6.71. The molecule has 0 aliphatic heterocycles. The Morgan fingerprint density at radius 1 is 1.42 bits per heavy atom. The molecule has 108 valence electrons. The Bertz CT molecular complexity index is 402. The van der Waals surface area contributed by atoms with E-state index < -0.39 is 8.32 Å². The Labute approximate surface area is 117 Å². The number of esters is 1. The summed E-state index contributed by atoms with van der Waals surface area (Å²) in [6, 6.07) is 0. The number of carbonyl (C=O) groups is 1. The van der Waals surface area contributed by atoms with Gasteiger partial charge in [-0.1, -0.05) is 33.4 Å². The average molecular weight is 282 g/mol. The molecule has 0 spiro atoms. The second-order valence-electron chi connectivity index (χ2n) is 6.65. The molecule has 1 aliphatic carbocycles. The number of hydrogen-bond acceptors (Lipinski definition) is 3. The van der Waals surface area contributed by atoms with Crippen LogP contribution in [0.4, 0.5) is 0 Å². The summed E-state index contributed by atoms with van der Waals surface area (Å²) in [4.78, 5) is 11.6. The highest BCUT2D eigenvalue weighted by molar-refractivity contribution is 6.74. The van der Waals surface area contributed by atoms with Gasteiger partial charge in [-0.05, 0) is 30.1 Å². The van der Waals surface area contributed by atoms with Crippen LogP contribution in [0.25, 0.3) is 0 Å². The Balaban J connectivity index is 2.83. The summed E-state index contributed by atoms with van der Waals surface area (Å²) in [6.07, 6.45) is 3.13. The molecule has 0 amide bonds. The highest BCUT2D eigenvalue weighted by Gasteiger charge is 2.40. The van der Waals surface area contributed by atoms with Gasteiger partial charge in [0.2, 0.25) is 0 Å². The molecule has 0 N–H and O–H groups in total. The van der Waals surface area contributed by atoms with Crippen molar-refractivity contribution in [3.63, 3.8) is 0 Å². The molecule has 1 atom stereocenters. The molecule has 4 heteroatoms. The summed E-state index contributed by atoms with van der Waals surface area (Å²) in [5, 5.41) is 0.153. The normalized spacial score (nSPS) is 21.1. The van der Waals surface area contributed by atoms with E-state index in [9.17, 15) is 4.79 Å². The first-order chi connectivity index (χ1) is 8.58. The van der Waals surface area contributed by atoms with E-state index >= 15 is 0 Å². The van der Waals surface area contributed by atoms with Crippen LogP contribution in [0.3, 0.4) is 0 Å². The van der Waals surface area contributed by atoms with E-state index in [2.05, 4.69) is 40.4 Å². The molecule has 3 nitrogen and oxygen atoms in total. The van der Waals surface area contributed by atoms with Crippen LogP contribution in [-0.4, -0.2) is 27.5 Å². The third-order valence-electron chi connectivity index (χ3n) is 4.16. The first-order valence-corrected chi connectivity index (χ1v) is 9.62. The van der Waals surface area contributed by atoms with E-state index in [1.165, 1.54) is 7.11 Å². The molecular formula is C15H26O3Si. The van der Waals surface area contributed by atoms with Gasteiger partial charge < -0.3 is 9.16 Å². The number of rotatable bonds is 3. The highest BCUT2D eigenvalue weighted by atomic mass is 28.4. The van der Waals surface area contributed by atoms with Gasteiger partial charge in [0.05, 0.1) is 13.2 Å². The minimum absolute atomic E-state index is 0.0556. The van der Waals surface area contributed by atoms with Crippen molar-refractivity contribution >= 4 is 14.3 Å². The van der Waals surface area contributed by atoms with Gasteiger partial charge in [-0.2, -0.15) is 0 Å². The SMILES string of the molecule is C=C1CC=C(C(=O)OC)CC1O[Si](C)(C)C(C)(C)C. The number of ether oxygens (including phenoxy) is 1. The van der Waals surface area contributed by atoms with Gasteiger partial charge >= 0.3 is 5.97 Å². The van der Waals surface area contributed by atoms with E-state index in [1.54, 1.807) is 0 Å². The fourth-order valence-electron chi connectivity index (χ4n) is 1.77. The fourth-order valence-corrected chi connectivity index (χ4v) is 3.08. The Morgan fingerprint density at radius 3 is 2.47 bits per heavy atom. The molecule has 0 aromatic heterocycles. The lowest BCUT2D eigenvalue weighted by Crippen LogP contribution is -2.45. The minimum atomic E-state index is -1.85. The van der Waals surface area contributed by atoms with Crippen molar-refractivity contribution in [1.29, 1.82) is 0 Å². The van der Waals surface area contributed by atoms with Gasteiger partial charge in [-0.3, -0.25) is 0 Å². The maximum atomic E-state index is 11.6. The maximum absolute atomic E-state index is 11.6. The zero-order valence-electron chi connectivity index (χ0n) is 13.0. The number of carbonyl (C=O) groups excluding carboxylic acids is 1. The molecule has 0 fully saturated rings. The molecule has 0 aromatic rings. The number of methoxy groups -OCH3 is 1. The summed E-state index contributed by atoms with van der Waals surface area (Å²) in [5.41, 5.74) is 1.76. The zero-order chi connectivity index (χ0) is 14.8. The Hall–Kier alpha value is -0.873. The molecule has 0 aromatic carbocycles. The van der Waals surface area contributed by atoms with E-state index in [0.29, 0.717) is 18.4 Å². The molecular weight excluding hydrogens is 256 g/mol. The van der Waals surface area contributed by atoms with Gasteiger partial charge in [-0.25, -0.2) is 4.79 Å². The van der Waals surface area contributed by atoms with Crippen LogP contribution in [-0.2, 0) is 14.0 Å². The standard InChI is InChI=1S/C15H26O3Si/c1-11-8-9-12(14(16)17-5)10-13(11)18-19(6,7)15(2,3)4/h9,13H,1,8,10H2,2-7H3. The summed E-state index contributed by atoms with van der Waals surface area (Å²) in [6.45, 7) is 15.1. The van der Waals surface area contributed by atoms with Gasteiger partial charge in [0.15, 0.2) is 8.32 Å². The fraction of sp³-hybridized carbons (Fsp3) is 0.667. The van der Waals surface area contributed by atoms with Crippen LogP contribution in [0.5, 0.6) is 0 Å². The van der Waals surface area contributed by atoms with E-state index in [4.69, 9.17) is 9.16 Å².